The highest BCUT2D eigenvalue weighted by Crippen LogP contribution is 2.19. The molecule has 0 atom stereocenters. The van der Waals surface area contributed by atoms with Gasteiger partial charge >= 0.3 is 0 Å². The molecular weight excluding hydrogens is 208 g/mol. The molecule has 0 aromatic rings. The largest absolute Gasteiger partial charge is 0.351 e. The molecule has 2 aliphatic rings. The van der Waals surface area contributed by atoms with Gasteiger partial charge in [-0.2, -0.15) is 4.99 Å². The number of nitrogens with zero attached hydrogens (tertiary/aromatic N) is 2. The van der Waals surface area contributed by atoms with E-state index < -0.39 is 0 Å². The SMILES string of the molecule is O=C1CSC(N2CCCCCCCC2)=N1. The Bertz CT molecular complexity index is 255. The topological polar surface area (TPSA) is 32.7 Å². The van der Waals surface area contributed by atoms with Gasteiger partial charge in [0.1, 0.15) is 0 Å². The second-order valence-corrected chi connectivity index (χ2v) is 5.13. The minimum atomic E-state index is 0.0369. The van der Waals surface area contributed by atoms with Crippen molar-refractivity contribution in [3.05, 3.63) is 0 Å². The lowest BCUT2D eigenvalue weighted by Crippen LogP contribution is -2.29. The van der Waals surface area contributed by atoms with E-state index in [-0.39, 0.29) is 5.91 Å². The first-order valence-corrected chi connectivity index (χ1v) is 6.84. The lowest BCUT2D eigenvalue weighted by atomic mass is 10.1. The second kappa shape index (κ2) is 5.54. The first-order valence-electron chi connectivity index (χ1n) is 5.85. The summed E-state index contributed by atoms with van der Waals surface area (Å²) in [4.78, 5) is 17.5. The number of carbonyl (C=O) groups excluding carboxylic acids is 1. The molecule has 2 heterocycles. The molecule has 1 amide bonds. The maximum Gasteiger partial charge on any atom is 0.258 e. The maximum atomic E-state index is 11.1. The molecular formula is C11H18N2OS. The van der Waals surface area contributed by atoms with Crippen molar-refractivity contribution in [2.75, 3.05) is 18.8 Å². The number of thioether (sulfide) groups is 1. The number of hydrogen-bond acceptors (Lipinski definition) is 3. The van der Waals surface area contributed by atoms with Crippen LogP contribution in [0.3, 0.4) is 0 Å². The minimum Gasteiger partial charge on any atom is -0.351 e. The van der Waals surface area contributed by atoms with Gasteiger partial charge in [0.2, 0.25) is 0 Å². The van der Waals surface area contributed by atoms with Crippen molar-refractivity contribution < 1.29 is 4.79 Å². The predicted octanol–water partition coefficient (Wildman–Crippen LogP) is 2.27. The molecule has 0 spiro atoms. The second-order valence-electron chi connectivity index (χ2n) is 4.19. The van der Waals surface area contributed by atoms with Crippen molar-refractivity contribution in [1.29, 1.82) is 0 Å². The van der Waals surface area contributed by atoms with E-state index >= 15 is 0 Å². The Kier molecular flexibility index (Phi) is 4.06. The summed E-state index contributed by atoms with van der Waals surface area (Å²) in [5.41, 5.74) is 0. The molecule has 0 aliphatic carbocycles. The fraction of sp³-hybridized carbons (Fsp3) is 0.818. The van der Waals surface area contributed by atoms with Gasteiger partial charge in [0.25, 0.3) is 5.91 Å². The van der Waals surface area contributed by atoms with Gasteiger partial charge in [-0.25, -0.2) is 0 Å². The quantitative estimate of drug-likeness (QED) is 0.635. The van der Waals surface area contributed by atoms with Crippen LogP contribution in [0.5, 0.6) is 0 Å². The molecule has 2 rings (SSSR count). The third kappa shape index (κ3) is 3.23. The van der Waals surface area contributed by atoms with Gasteiger partial charge in [0, 0.05) is 13.1 Å². The minimum absolute atomic E-state index is 0.0369. The highest BCUT2D eigenvalue weighted by Gasteiger charge is 2.20. The maximum absolute atomic E-state index is 11.1. The fourth-order valence-electron chi connectivity index (χ4n) is 2.08. The number of carbonyl (C=O) groups is 1. The van der Waals surface area contributed by atoms with E-state index in [0.717, 1.165) is 18.3 Å². The Morgan fingerprint density at radius 2 is 1.60 bits per heavy atom. The monoisotopic (exact) mass is 226 g/mol. The zero-order valence-electron chi connectivity index (χ0n) is 9.07. The van der Waals surface area contributed by atoms with E-state index in [4.69, 9.17) is 0 Å². The summed E-state index contributed by atoms with van der Waals surface area (Å²) in [6.45, 7) is 2.16. The summed E-state index contributed by atoms with van der Waals surface area (Å²) >= 11 is 1.61. The van der Waals surface area contributed by atoms with Gasteiger partial charge in [-0.05, 0) is 12.8 Å². The summed E-state index contributed by atoms with van der Waals surface area (Å²) in [5.74, 6) is 0.584. The van der Waals surface area contributed by atoms with Gasteiger partial charge in [-0.3, -0.25) is 4.79 Å². The van der Waals surface area contributed by atoms with Crippen molar-refractivity contribution in [2.24, 2.45) is 4.99 Å². The first kappa shape index (κ1) is 11.0. The molecule has 3 nitrogen and oxygen atoms in total. The fourth-order valence-corrected chi connectivity index (χ4v) is 2.92. The molecule has 15 heavy (non-hydrogen) atoms. The Hall–Kier alpha value is -0.510. The molecule has 0 aromatic heterocycles. The van der Waals surface area contributed by atoms with Gasteiger partial charge in [-0.1, -0.05) is 37.4 Å². The summed E-state index contributed by atoms with van der Waals surface area (Å²) in [6, 6.07) is 0. The van der Waals surface area contributed by atoms with Crippen LogP contribution in [-0.2, 0) is 4.79 Å². The zero-order chi connectivity index (χ0) is 10.5. The summed E-state index contributed by atoms with van der Waals surface area (Å²) in [5, 5.41) is 0.974. The lowest BCUT2D eigenvalue weighted by Gasteiger charge is -2.22. The van der Waals surface area contributed by atoms with Crippen molar-refractivity contribution in [3.63, 3.8) is 0 Å². The zero-order valence-corrected chi connectivity index (χ0v) is 9.89. The van der Waals surface area contributed by atoms with E-state index in [1.165, 1.54) is 38.5 Å². The van der Waals surface area contributed by atoms with E-state index in [9.17, 15) is 4.79 Å². The van der Waals surface area contributed by atoms with Crippen LogP contribution in [0.15, 0.2) is 4.99 Å². The van der Waals surface area contributed by atoms with Crippen LogP contribution in [0.2, 0.25) is 0 Å². The molecule has 0 radical (unpaired) electrons. The van der Waals surface area contributed by atoms with Crippen LogP contribution < -0.4 is 0 Å². The third-order valence-corrected chi connectivity index (χ3v) is 3.92. The van der Waals surface area contributed by atoms with Gasteiger partial charge < -0.3 is 4.90 Å². The highest BCUT2D eigenvalue weighted by atomic mass is 32.2. The van der Waals surface area contributed by atoms with Gasteiger partial charge in [-0.15, -0.1) is 0 Å². The van der Waals surface area contributed by atoms with Crippen LogP contribution in [0.4, 0.5) is 0 Å². The Morgan fingerprint density at radius 1 is 1.00 bits per heavy atom. The Morgan fingerprint density at radius 3 is 2.13 bits per heavy atom. The molecule has 84 valence electrons. The van der Waals surface area contributed by atoms with Crippen LogP contribution in [0, 0.1) is 0 Å². The van der Waals surface area contributed by atoms with E-state index in [1.807, 2.05) is 0 Å². The standard InChI is InChI=1S/C11H18N2OS/c14-10-9-15-11(12-10)13-7-5-3-1-2-4-6-8-13/h1-9H2. The average Bonchev–Trinajstić information content (AvgIpc) is 2.69. The highest BCUT2D eigenvalue weighted by molar-refractivity contribution is 8.14. The smallest absolute Gasteiger partial charge is 0.258 e. The molecule has 0 saturated carbocycles. The third-order valence-electron chi connectivity index (χ3n) is 2.92. The molecule has 0 bridgehead atoms. The van der Waals surface area contributed by atoms with Gasteiger partial charge in [0.15, 0.2) is 5.17 Å². The average molecular weight is 226 g/mol. The molecule has 1 fully saturated rings. The number of hydrogen-bond donors (Lipinski definition) is 0. The van der Waals surface area contributed by atoms with Gasteiger partial charge in [0.05, 0.1) is 5.75 Å². The van der Waals surface area contributed by atoms with Crippen molar-refractivity contribution >= 4 is 22.8 Å². The van der Waals surface area contributed by atoms with E-state index in [2.05, 4.69) is 9.89 Å². The van der Waals surface area contributed by atoms with E-state index in [1.54, 1.807) is 11.8 Å². The molecule has 4 heteroatoms. The van der Waals surface area contributed by atoms with Crippen LogP contribution in [0.1, 0.15) is 38.5 Å². The molecule has 0 unspecified atom stereocenters. The Labute approximate surface area is 95.3 Å². The van der Waals surface area contributed by atoms with Crippen molar-refractivity contribution in [1.82, 2.24) is 4.90 Å². The number of amides is 1. The summed E-state index contributed by atoms with van der Waals surface area (Å²) in [6.07, 6.45) is 7.87. The predicted molar refractivity (Wildman–Crippen MR) is 64.2 cm³/mol. The van der Waals surface area contributed by atoms with Crippen LogP contribution in [0.25, 0.3) is 0 Å². The van der Waals surface area contributed by atoms with Crippen LogP contribution in [-0.4, -0.2) is 34.8 Å². The number of aliphatic imine (C=N–C) groups is 1. The van der Waals surface area contributed by atoms with Crippen LogP contribution >= 0.6 is 11.8 Å². The van der Waals surface area contributed by atoms with Crippen molar-refractivity contribution in [2.45, 2.75) is 38.5 Å². The van der Waals surface area contributed by atoms with E-state index in [0.29, 0.717) is 5.75 Å². The summed E-state index contributed by atoms with van der Waals surface area (Å²) < 4.78 is 0. The molecule has 2 aliphatic heterocycles. The molecule has 0 N–H and O–H groups in total. The molecule has 0 aromatic carbocycles. The summed E-state index contributed by atoms with van der Waals surface area (Å²) in [7, 11) is 0. The number of amidine groups is 1. The normalized spacial score (nSPS) is 24.4. The number of rotatable bonds is 0. The van der Waals surface area contributed by atoms with Crippen molar-refractivity contribution in [3.8, 4) is 0 Å². The first-order chi connectivity index (χ1) is 7.36. The Balaban J connectivity index is 1.93. The lowest BCUT2D eigenvalue weighted by molar-refractivity contribution is -0.115. The molecule has 1 saturated heterocycles.